The van der Waals surface area contributed by atoms with E-state index in [2.05, 4.69) is 0 Å². The van der Waals surface area contributed by atoms with E-state index in [1.54, 1.807) is 18.2 Å². The highest BCUT2D eigenvalue weighted by molar-refractivity contribution is 6.34. The van der Waals surface area contributed by atoms with Gasteiger partial charge in [0.2, 0.25) is 0 Å². The van der Waals surface area contributed by atoms with Gasteiger partial charge in [0.1, 0.15) is 0 Å². The van der Waals surface area contributed by atoms with Gasteiger partial charge in [-0.15, -0.1) is 0 Å². The van der Waals surface area contributed by atoms with Crippen LogP contribution in [0.2, 0.25) is 10.0 Å². The molecule has 4 heteroatoms. The second-order valence-corrected chi connectivity index (χ2v) is 3.69. The van der Waals surface area contributed by atoms with Crippen molar-refractivity contribution in [2.45, 2.75) is 5.92 Å². The highest BCUT2D eigenvalue weighted by atomic mass is 35.5. The average Bonchev–Trinajstić information content (AvgIpc) is 2.04. The lowest BCUT2D eigenvalue weighted by Gasteiger charge is -2.12. The van der Waals surface area contributed by atoms with E-state index in [1.165, 1.54) is 0 Å². The fourth-order valence-corrected chi connectivity index (χ4v) is 1.67. The second-order valence-electron chi connectivity index (χ2n) is 2.82. The van der Waals surface area contributed by atoms with Crippen LogP contribution < -0.4 is 5.73 Å². The van der Waals surface area contributed by atoms with Crippen molar-refractivity contribution in [3.05, 3.63) is 33.8 Å². The van der Waals surface area contributed by atoms with Crippen LogP contribution in [0.3, 0.4) is 0 Å². The molecule has 0 saturated carbocycles. The van der Waals surface area contributed by atoms with Crippen molar-refractivity contribution in [3.8, 4) is 0 Å². The topological polar surface area (TPSA) is 46.2 Å². The Morgan fingerprint density at radius 2 is 1.77 bits per heavy atom. The lowest BCUT2D eigenvalue weighted by atomic mass is 10.0. The number of halogens is 2. The van der Waals surface area contributed by atoms with E-state index in [1.807, 2.05) is 0 Å². The van der Waals surface area contributed by atoms with Gasteiger partial charge in [0, 0.05) is 22.5 Å². The van der Waals surface area contributed by atoms with Crippen LogP contribution in [0.15, 0.2) is 18.2 Å². The second kappa shape index (κ2) is 4.82. The van der Waals surface area contributed by atoms with E-state index < -0.39 is 0 Å². The Labute approximate surface area is 87.3 Å². The fourth-order valence-electron chi connectivity index (χ4n) is 1.13. The normalized spacial score (nSPS) is 12.9. The summed E-state index contributed by atoms with van der Waals surface area (Å²) in [4.78, 5) is 0. The molecular formula is C9H11Cl2NO. The summed E-state index contributed by atoms with van der Waals surface area (Å²) < 4.78 is 0. The summed E-state index contributed by atoms with van der Waals surface area (Å²) in [5.74, 6) is -0.0869. The van der Waals surface area contributed by atoms with Gasteiger partial charge in [0.25, 0.3) is 0 Å². The Kier molecular flexibility index (Phi) is 4.00. The van der Waals surface area contributed by atoms with Crippen LogP contribution in [0.5, 0.6) is 0 Å². The number of benzene rings is 1. The summed E-state index contributed by atoms with van der Waals surface area (Å²) in [6, 6.07) is 5.18. The van der Waals surface area contributed by atoms with E-state index in [-0.39, 0.29) is 12.5 Å². The quantitative estimate of drug-likeness (QED) is 0.818. The zero-order valence-electron chi connectivity index (χ0n) is 7.00. The van der Waals surface area contributed by atoms with Gasteiger partial charge in [-0.1, -0.05) is 23.2 Å². The molecule has 0 amide bonds. The first-order chi connectivity index (χ1) is 6.17. The molecular weight excluding hydrogens is 209 g/mol. The molecule has 3 N–H and O–H groups in total. The summed E-state index contributed by atoms with van der Waals surface area (Å²) in [5, 5.41) is 10.1. The highest BCUT2D eigenvalue weighted by Crippen LogP contribution is 2.23. The van der Waals surface area contributed by atoms with E-state index in [4.69, 9.17) is 34.0 Å². The van der Waals surface area contributed by atoms with Crippen molar-refractivity contribution in [2.24, 2.45) is 5.73 Å². The molecule has 0 fully saturated rings. The molecule has 0 aromatic heterocycles. The first-order valence-electron chi connectivity index (χ1n) is 3.94. The van der Waals surface area contributed by atoms with Gasteiger partial charge in [0.15, 0.2) is 0 Å². The maximum absolute atomic E-state index is 9.00. The maximum Gasteiger partial charge on any atom is 0.0511 e. The van der Waals surface area contributed by atoms with Crippen molar-refractivity contribution in [1.82, 2.24) is 0 Å². The van der Waals surface area contributed by atoms with Gasteiger partial charge >= 0.3 is 0 Å². The molecule has 0 heterocycles. The molecule has 72 valence electrons. The number of aliphatic hydroxyl groups is 1. The minimum absolute atomic E-state index is 0.00711. The van der Waals surface area contributed by atoms with Gasteiger partial charge in [-0.3, -0.25) is 0 Å². The SMILES string of the molecule is NCC(CO)c1cc(Cl)cc(Cl)c1. The third kappa shape index (κ3) is 2.85. The molecule has 13 heavy (non-hydrogen) atoms. The molecule has 2 nitrogen and oxygen atoms in total. The Balaban J connectivity index is 2.99. The molecule has 0 bridgehead atoms. The Bertz CT molecular complexity index is 267. The van der Waals surface area contributed by atoms with Crippen molar-refractivity contribution in [3.63, 3.8) is 0 Å². The Morgan fingerprint density at radius 3 is 2.15 bits per heavy atom. The molecule has 1 aromatic rings. The molecule has 0 saturated heterocycles. The summed E-state index contributed by atoms with van der Waals surface area (Å²) in [6.45, 7) is 0.389. The molecule has 1 atom stereocenters. The molecule has 0 aliphatic rings. The molecule has 1 rings (SSSR count). The van der Waals surface area contributed by atoms with Crippen LogP contribution in [-0.4, -0.2) is 18.3 Å². The maximum atomic E-state index is 9.00. The number of hydrogen-bond donors (Lipinski definition) is 2. The standard InChI is InChI=1S/C9H11Cl2NO/c10-8-1-6(2-9(11)3-8)7(4-12)5-13/h1-3,7,13H,4-5,12H2. The molecule has 0 aliphatic carbocycles. The minimum Gasteiger partial charge on any atom is -0.396 e. The smallest absolute Gasteiger partial charge is 0.0511 e. The van der Waals surface area contributed by atoms with Crippen molar-refractivity contribution < 1.29 is 5.11 Å². The number of hydrogen-bond acceptors (Lipinski definition) is 2. The molecule has 1 unspecified atom stereocenters. The first kappa shape index (κ1) is 10.8. The Morgan fingerprint density at radius 1 is 1.23 bits per heavy atom. The van der Waals surface area contributed by atoms with Crippen LogP contribution in [0, 0.1) is 0 Å². The highest BCUT2D eigenvalue weighted by Gasteiger charge is 2.09. The third-order valence-electron chi connectivity index (χ3n) is 1.86. The zero-order chi connectivity index (χ0) is 9.84. The molecule has 0 radical (unpaired) electrons. The van der Waals surface area contributed by atoms with E-state index in [0.29, 0.717) is 16.6 Å². The monoisotopic (exact) mass is 219 g/mol. The minimum atomic E-state index is -0.0869. The van der Waals surface area contributed by atoms with Crippen LogP contribution in [0.1, 0.15) is 11.5 Å². The van der Waals surface area contributed by atoms with Crippen molar-refractivity contribution >= 4 is 23.2 Å². The van der Waals surface area contributed by atoms with E-state index in [0.717, 1.165) is 5.56 Å². The fraction of sp³-hybridized carbons (Fsp3) is 0.333. The van der Waals surface area contributed by atoms with Gasteiger partial charge in [-0.2, -0.15) is 0 Å². The largest absolute Gasteiger partial charge is 0.396 e. The number of aliphatic hydroxyl groups excluding tert-OH is 1. The first-order valence-corrected chi connectivity index (χ1v) is 4.70. The predicted octanol–water partition coefficient (Wildman–Crippen LogP) is 2.03. The molecule has 0 aliphatic heterocycles. The van der Waals surface area contributed by atoms with Crippen LogP contribution in [0.25, 0.3) is 0 Å². The summed E-state index contributed by atoms with van der Waals surface area (Å²) >= 11 is 11.6. The van der Waals surface area contributed by atoms with E-state index in [9.17, 15) is 0 Å². The van der Waals surface area contributed by atoms with Gasteiger partial charge < -0.3 is 10.8 Å². The third-order valence-corrected chi connectivity index (χ3v) is 2.30. The average molecular weight is 220 g/mol. The molecule has 0 spiro atoms. The van der Waals surface area contributed by atoms with Crippen LogP contribution >= 0.6 is 23.2 Å². The van der Waals surface area contributed by atoms with Gasteiger partial charge in [-0.25, -0.2) is 0 Å². The van der Waals surface area contributed by atoms with Gasteiger partial charge in [-0.05, 0) is 23.8 Å². The van der Waals surface area contributed by atoms with E-state index >= 15 is 0 Å². The van der Waals surface area contributed by atoms with Crippen LogP contribution in [0.4, 0.5) is 0 Å². The Hall–Kier alpha value is -0.280. The number of rotatable bonds is 3. The van der Waals surface area contributed by atoms with Gasteiger partial charge in [0.05, 0.1) is 6.61 Å². The lowest BCUT2D eigenvalue weighted by molar-refractivity contribution is 0.268. The van der Waals surface area contributed by atoms with Crippen molar-refractivity contribution in [1.29, 1.82) is 0 Å². The molecule has 1 aromatic carbocycles. The summed E-state index contributed by atoms with van der Waals surface area (Å²) in [7, 11) is 0. The summed E-state index contributed by atoms with van der Waals surface area (Å²) in [5.41, 5.74) is 6.35. The summed E-state index contributed by atoms with van der Waals surface area (Å²) in [6.07, 6.45) is 0. The lowest BCUT2D eigenvalue weighted by Crippen LogP contribution is -2.15. The number of nitrogens with two attached hydrogens (primary N) is 1. The van der Waals surface area contributed by atoms with Crippen molar-refractivity contribution in [2.75, 3.05) is 13.2 Å². The zero-order valence-corrected chi connectivity index (χ0v) is 8.52. The predicted molar refractivity (Wildman–Crippen MR) is 55.3 cm³/mol. The van der Waals surface area contributed by atoms with Crippen LogP contribution in [-0.2, 0) is 0 Å².